The number of anilines is 1. The summed E-state index contributed by atoms with van der Waals surface area (Å²) in [6.07, 6.45) is 0. The monoisotopic (exact) mass is 660 g/mol. The predicted molar refractivity (Wildman–Crippen MR) is 175 cm³/mol. The molecule has 0 bridgehead atoms. The van der Waals surface area contributed by atoms with Crippen molar-refractivity contribution in [3.8, 4) is 11.5 Å². The van der Waals surface area contributed by atoms with E-state index in [9.17, 15) is 22.8 Å². The quantitative estimate of drug-likeness (QED) is 0.186. The van der Waals surface area contributed by atoms with Gasteiger partial charge in [-0.1, -0.05) is 92.3 Å². The van der Waals surface area contributed by atoms with Crippen LogP contribution in [0.4, 0.5) is 5.82 Å². The van der Waals surface area contributed by atoms with E-state index in [1.54, 1.807) is 26.0 Å². The second kappa shape index (κ2) is 14.5. The molecule has 0 saturated carbocycles. The molecule has 2 heterocycles. The third-order valence-electron chi connectivity index (χ3n) is 7.07. The zero-order chi connectivity index (χ0) is 32.7. The molecule has 0 aliphatic carbocycles. The van der Waals surface area contributed by atoms with E-state index in [1.807, 2.05) is 60.7 Å². The molecule has 0 radical (unpaired) electrons. The van der Waals surface area contributed by atoms with Crippen LogP contribution in [0.3, 0.4) is 0 Å². The van der Waals surface area contributed by atoms with Crippen LogP contribution in [0.5, 0.6) is 0 Å². The molecule has 0 fully saturated rings. The zero-order valence-corrected chi connectivity index (χ0v) is 26.8. The number of nitrogens with one attached hydrogen (secondary N) is 1. The van der Waals surface area contributed by atoms with E-state index in [0.717, 1.165) is 27.5 Å². The van der Waals surface area contributed by atoms with E-state index in [2.05, 4.69) is 15.5 Å². The van der Waals surface area contributed by atoms with Crippen LogP contribution in [0.1, 0.15) is 25.0 Å². The van der Waals surface area contributed by atoms with Crippen LogP contribution in [-0.4, -0.2) is 56.8 Å². The molecule has 0 unspecified atom stereocenters. The SMILES string of the molecule is CCN(CC)S(=O)(=O)c1cccc(-c2nnc(SCC(=O)Nc3cc(=O)n(Cc4ccccc4)c(=O)n3Cc3ccccc3)o2)c1. The van der Waals surface area contributed by atoms with Crippen molar-refractivity contribution in [3.05, 3.63) is 123 Å². The Bertz CT molecular complexity index is 2040. The maximum atomic E-state index is 13.6. The average molecular weight is 661 g/mol. The van der Waals surface area contributed by atoms with Crippen LogP contribution in [0.25, 0.3) is 11.5 Å². The molecule has 0 aliphatic rings. The summed E-state index contributed by atoms with van der Waals surface area (Å²) in [5.41, 5.74) is 0.907. The van der Waals surface area contributed by atoms with Gasteiger partial charge in [0.05, 0.1) is 23.7 Å². The molecular formula is C32H32N6O6S2. The van der Waals surface area contributed by atoms with E-state index in [0.29, 0.717) is 18.7 Å². The van der Waals surface area contributed by atoms with Crippen molar-refractivity contribution >= 4 is 33.5 Å². The maximum Gasteiger partial charge on any atom is 0.333 e. The zero-order valence-electron chi connectivity index (χ0n) is 25.2. The van der Waals surface area contributed by atoms with Gasteiger partial charge in [-0.25, -0.2) is 13.2 Å². The Morgan fingerprint density at radius 2 is 1.48 bits per heavy atom. The Hall–Kier alpha value is -4.79. The first-order chi connectivity index (χ1) is 22.2. The molecule has 0 saturated heterocycles. The number of rotatable bonds is 13. The fourth-order valence-electron chi connectivity index (χ4n) is 4.74. The Labute approximate surface area is 269 Å². The van der Waals surface area contributed by atoms with Crippen molar-refractivity contribution in [1.29, 1.82) is 0 Å². The number of sulfonamides is 1. The Morgan fingerprint density at radius 3 is 2.11 bits per heavy atom. The summed E-state index contributed by atoms with van der Waals surface area (Å²) < 4.78 is 35.4. The first kappa shape index (κ1) is 32.6. The minimum Gasteiger partial charge on any atom is -0.411 e. The highest BCUT2D eigenvalue weighted by molar-refractivity contribution is 7.99. The van der Waals surface area contributed by atoms with Gasteiger partial charge in [-0.2, -0.15) is 4.31 Å². The van der Waals surface area contributed by atoms with Crippen molar-refractivity contribution in [2.45, 2.75) is 37.1 Å². The first-order valence-electron chi connectivity index (χ1n) is 14.5. The van der Waals surface area contributed by atoms with Gasteiger partial charge in [0.15, 0.2) is 0 Å². The second-order valence-corrected chi connectivity index (χ2v) is 13.0. The lowest BCUT2D eigenvalue weighted by atomic mass is 10.2. The fourth-order valence-corrected chi connectivity index (χ4v) is 6.81. The number of hydrogen-bond donors (Lipinski definition) is 1. The van der Waals surface area contributed by atoms with E-state index >= 15 is 0 Å². The van der Waals surface area contributed by atoms with E-state index in [-0.39, 0.29) is 40.7 Å². The van der Waals surface area contributed by atoms with E-state index < -0.39 is 27.2 Å². The highest BCUT2D eigenvalue weighted by Crippen LogP contribution is 2.26. The average Bonchev–Trinajstić information content (AvgIpc) is 3.55. The molecule has 12 nitrogen and oxygen atoms in total. The molecule has 0 spiro atoms. The molecule has 0 aliphatic heterocycles. The lowest BCUT2D eigenvalue weighted by molar-refractivity contribution is -0.113. The number of hydrogen-bond acceptors (Lipinski definition) is 9. The number of thioether (sulfide) groups is 1. The molecule has 14 heteroatoms. The van der Waals surface area contributed by atoms with Crippen LogP contribution in [-0.2, 0) is 27.9 Å². The highest BCUT2D eigenvalue weighted by atomic mass is 32.2. The highest BCUT2D eigenvalue weighted by Gasteiger charge is 2.23. The van der Waals surface area contributed by atoms with Crippen molar-refractivity contribution in [2.75, 3.05) is 24.2 Å². The van der Waals surface area contributed by atoms with Crippen molar-refractivity contribution in [3.63, 3.8) is 0 Å². The number of carbonyl (C=O) groups is 1. The van der Waals surface area contributed by atoms with Crippen LogP contribution in [0.15, 0.2) is 115 Å². The van der Waals surface area contributed by atoms with Gasteiger partial charge in [0.25, 0.3) is 10.8 Å². The number of carbonyl (C=O) groups excluding carboxylic acids is 1. The van der Waals surface area contributed by atoms with Crippen LogP contribution in [0, 0.1) is 0 Å². The largest absolute Gasteiger partial charge is 0.411 e. The summed E-state index contributed by atoms with van der Waals surface area (Å²) in [6, 6.07) is 25.9. The van der Waals surface area contributed by atoms with Gasteiger partial charge in [0.2, 0.25) is 21.8 Å². The topological polar surface area (TPSA) is 149 Å². The molecule has 5 aromatic rings. The third kappa shape index (κ3) is 7.53. The minimum absolute atomic E-state index is 0.0613. The van der Waals surface area contributed by atoms with Gasteiger partial charge in [-0.05, 0) is 29.3 Å². The van der Waals surface area contributed by atoms with Crippen LogP contribution >= 0.6 is 11.8 Å². The van der Waals surface area contributed by atoms with E-state index in [4.69, 9.17) is 4.42 Å². The lowest BCUT2D eigenvalue weighted by Gasteiger charge is -2.18. The summed E-state index contributed by atoms with van der Waals surface area (Å²) in [6.45, 7) is 4.42. The van der Waals surface area contributed by atoms with Gasteiger partial charge in [-0.15, -0.1) is 10.2 Å². The van der Waals surface area contributed by atoms with Crippen molar-refractivity contribution in [2.24, 2.45) is 0 Å². The molecule has 1 N–H and O–H groups in total. The van der Waals surface area contributed by atoms with Crippen LogP contribution in [0.2, 0.25) is 0 Å². The summed E-state index contributed by atoms with van der Waals surface area (Å²) in [7, 11) is -3.69. The summed E-state index contributed by atoms with van der Waals surface area (Å²) in [5, 5.41) is 10.8. The molecular weight excluding hydrogens is 629 g/mol. The predicted octanol–water partition coefficient (Wildman–Crippen LogP) is 3.92. The second-order valence-electron chi connectivity index (χ2n) is 10.1. The van der Waals surface area contributed by atoms with Gasteiger partial charge in [0.1, 0.15) is 5.82 Å². The van der Waals surface area contributed by atoms with E-state index in [1.165, 1.54) is 27.1 Å². The number of nitrogens with zero attached hydrogens (tertiary/aromatic N) is 5. The van der Waals surface area contributed by atoms with Gasteiger partial charge >= 0.3 is 5.69 Å². The Balaban J connectivity index is 1.33. The normalized spacial score (nSPS) is 11.5. The summed E-state index contributed by atoms with van der Waals surface area (Å²) >= 11 is 0.959. The molecule has 0 atom stereocenters. The maximum absolute atomic E-state index is 13.6. The Morgan fingerprint density at radius 1 is 0.848 bits per heavy atom. The fraction of sp³-hybridized carbons (Fsp3) is 0.219. The van der Waals surface area contributed by atoms with Gasteiger partial charge in [0, 0.05) is 24.7 Å². The lowest BCUT2D eigenvalue weighted by Crippen LogP contribution is -2.41. The smallest absolute Gasteiger partial charge is 0.333 e. The molecule has 46 heavy (non-hydrogen) atoms. The van der Waals surface area contributed by atoms with Crippen molar-refractivity contribution in [1.82, 2.24) is 23.6 Å². The summed E-state index contributed by atoms with van der Waals surface area (Å²) in [5.74, 6) is -0.507. The number of benzene rings is 3. The van der Waals surface area contributed by atoms with Crippen molar-refractivity contribution < 1.29 is 17.6 Å². The number of aromatic nitrogens is 4. The van der Waals surface area contributed by atoms with Gasteiger partial charge in [-0.3, -0.25) is 18.7 Å². The first-order valence-corrected chi connectivity index (χ1v) is 16.9. The molecule has 1 amide bonds. The minimum atomic E-state index is -3.69. The summed E-state index contributed by atoms with van der Waals surface area (Å²) in [4.78, 5) is 39.7. The molecule has 3 aromatic carbocycles. The van der Waals surface area contributed by atoms with Crippen LogP contribution < -0.4 is 16.6 Å². The molecule has 5 rings (SSSR count). The Kier molecular flexibility index (Phi) is 10.3. The third-order valence-corrected chi connectivity index (χ3v) is 9.94. The van der Waals surface area contributed by atoms with Gasteiger partial charge < -0.3 is 9.73 Å². The molecule has 238 valence electrons. The molecule has 2 aromatic heterocycles. The standard InChI is InChI=1S/C32H32N6O6S2/c1-3-36(4-2)46(42,43)26-17-11-16-25(18-26)30-34-35-31(44-30)45-22-28(39)33-27-19-29(40)38(21-24-14-9-6-10-15-24)32(41)37(27)20-23-12-7-5-8-13-23/h5-19H,3-4,20-22H2,1-2H3,(H,33,39). The number of amides is 1.